The molecule has 2 heterocycles. The monoisotopic (exact) mass is 343 g/mol. The predicted octanol–water partition coefficient (Wildman–Crippen LogP) is 2.03. The van der Waals surface area contributed by atoms with E-state index in [1.807, 2.05) is 16.7 Å². The zero-order valence-corrected chi connectivity index (χ0v) is 14.5. The van der Waals surface area contributed by atoms with Crippen LogP contribution in [0.5, 0.6) is 0 Å². The quantitative estimate of drug-likeness (QED) is 0.394. The van der Waals surface area contributed by atoms with Gasteiger partial charge in [0.15, 0.2) is 0 Å². The van der Waals surface area contributed by atoms with E-state index in [4.69, 9.17) is 10.8 Å². The number of carbonyl (C=O) groups excluding carboxylic acids is 1. The Morgan fingerprint density at radius 2 is 2.04 bits per heavy atom. The van der Waals surface area contributed by atoms with Gasteiger partial charge in [-0.15, -0.1) is 0 Å². The molecule has 0 aromatic carbocycles. The summed E-state index contributed by atoms with van der Waals surface area (Å²) in [6.45, 7) is 1.58. The molecule has 6 nitrogen and oxygen atoms in total. The molecule has 2 aliphatic heterocycles. The first-order valence-electron chi connectivity index (χ1n) is 8.74. The molecule has 0 bridgehead atoms. The molecule has 2 aliphatic rings. The van der Waals surface area contributed by atoms with Crippen LogP contribution in [-0.2, 0) is 4.79 Å². The maximum atomic E-state index is 12.2. The summed E-state index contributed by atoms with van der Waals surface area (Å²) in [4.78, 5) is 24.7. The molecular formula is C16H29N3O3S. The number of nitrogens with one attached hydrogen (secondary N) is 1. The van der Waals surface area contributed by atoms with Crippen LogP contribution < -0.4 is 11.1 Å². The van der Waals surface area contributed by atoms with Gasteiger partial charge in [-0.3, -0.25) is 4.79 Å². The lowest BCUT2D eigenvalue weighted by molar-refractivity contribution is -0.137. The number of rotatable bonds is 11. The maximum absolute atomic E-state index is 12.2. The number of nitrogens with zero attached hydrogens (tertiary/aromatic N) is 1. The topological polar surface area (TPSA) is 95.7 Å². The van der Waals surface area contributed by atoms with Crippen molar-refractivity contribution in [2.75, 3.05) is 18.8 Å². The summed E-state index contributed by atoms with van der Waals surface area (Å²) in [5, 5.41) is 12.3. The Morgan fingerprint density at radius 3 is 2.78 bits per heavy atom. The number of thioether (sulfide) groups is 1. The van der Waals surface area contributed by atoms with Gasteiger partial charge in [-0.25, -0.2) is 4.79 Å². The molecule has 3 atom stereocenters. The molecule has 0 unspecified atom stereocenters. The summed E-state index contributed by atoms with van der Waals surface area (Å²) in [5.41, 5.74) is 5.50. The number of fused-ring (bicyclic) bond motifs is 1. The fraction of sp³-hybridized carbons (Fsp3) is 0.875. The summed E-state index contributed by atoms with van der Waals surface area (Å²) in [6, 6.07) is 0.627. The molecule has 0 spiro atoms. The standard InChI is InChI=1S/C16H29N3O3S/c17-9-5-1-2-6-10-19-12-11-23-13(15(12)18-16(19)22)7-3-4-8-14(20)21/h12-13,15H,1-11,17H2,(H,18,22)(H,20,21)/t12-,13-,15-/m0/s1. The average Bonchev–Trinajstić information content (AvgIpc) is 3.03. The molecule has 2 fully saturated rings. The average molecular weight is 343 g/mol. The Kier molecular flexibility index (Phi) is 7.49. The maximum Gasteiger partial charge on any atom is 0.318 e. The highest BCUT2D eigenvalue weighted by Gasteiger charge is 2.47. The Labute approximate surface area is 142 Å². The molecule has 2 amide bonds. The van der Waals surface area contributed by atoms with E-state index in [0.29, 0.717) is 11.3 Å². The van der Waals surface area contributed by atoms with Crippen molar-refractivity contribution in [2.24, 2.45) is 5.73 Å². The van der Waals surface area contributed by atoms with Crippen LogP contribution in [0.1, 0.15) is 51.4 Å². The minimum Gasteiger partial charge on any atom is -0.481 e. The van der Waals surface area contributed by atoms with Crippen molar-refractivity contribution in [2.45, 2.75) is 68.7 Å². The van der Waals surface area contributed by atoms with Crippen molar-refractivity contribution in [1.82, 2.24) is 10.2 Å². The van der Waals surface area contributed by atoms with Gasteiger partial charge in [0.25, 0.3) is 0 Å². The number of carboxylic acids is 1. The molecule has 0 saturated carbocycles. The normalized spacial score (nSPS) is 26.4. The minimum absolute atomic E-state index is 0.0784. The number of amides is 2. The summed E-state index contributed by atoms with van der Waals surface area (Å²) in [6.07, 6.45) is 7.25. The summed E-state index contributed by atoms with van der Waals surface area (Å²) in [5.74, 6) is 0.271. The molecule has 4 N–H and O–H groups in total. The van der Waals surface area contributed by atoms with E-state index in [-0.39, 0.29) is 18.5 Å². The predicted molar refractivity (Wildman–Crippen MR) is 92.7 cm³/mol. The number of aliphatic carboxylic acids is 1. The van der Waals surface area contributed by atoms with Crippen molar-refractivity contribution in [1.29, 1.82) is 0 Å². The third kappa shape index (κ3) is 5.28. The molecular weight excluding hydrogens is 314 g/mol. The van der Waals surface area contributed by atoms with Crippen LogP contribution in [0.15, 0.2) is 0 Å². The van der Waals surface area contributed by atoms with E-state index in [1.165, 1.54) is 0 Å². The number of carbonyl (C=O) groups is 2. The van der Waals surface area contributed by atoms with Gasteiger partial charge in [-0.05, 0) is 32.2 Å². The Bertz CT molecular complexity index is 408. The van der Waals surface area contributed by atoms with Crippen molar-refractivity contribution < 1.29 is 14.7 Å². The van der Waals surface area contributed by atoms with E-state index in [1.54, 1.807) is 0 Å². The second kappa shape index (κ2) is 9.37. The molecule has 132 valence electrons. The van der Waals surface area contributed by atoms with E-state index < -0.39 is 5.97 Å². The van der Waals surface area contributed by atoms with Gasteiger partial charge in [-0.2, -0.15) is 11.8 Å². The largest absolute Gasteiger partial charge is 0.481 e. The lowest BCUT2D eigenvalue weighted by atomic mass is 10.0. The molecule has 0 aromatic heterocycles. The van der Waals surface area contributed by atoms with Crippen LogP contribution in [0.2, 0.25) is 0 Å². The number of unbranched alkanes of at least 4 members (excludes halogenated alkanes) is 4. The van der Waals surface area contributed by atoms with E-state index >= 15 is 0 Å². The number of hydrogen-bond acceptors (Lipinski definition) is 4. The molecule has 23 heavy (non-hydrogen) atoms. The van der Waals surface area contributed by atoms with Crippen LogP contribution in [0.25, 0.3) is 0 Å². The first-order chi connectivity index (χ1) is 11.1. The highest BCUT2D eigenvalue weighted by Crippen LogP contribution is 2.37. The minimum atomic E-state index is -0.725. The number of nitrogens with two attached hydrogens (primary N) is 1. The summed E-state index contributed by atoms with van der Waals surface area (Å²) < 4.78 is 0. The summed E-state index contributed by atoms with van der Waals surface area (Å²) in [7, 11) is 0. The number of hydrogen-bond donors (Lipinski definition) is 3. The van der Waals surface area contributed by atoms with Gasteiger partial charge in [0, 0.05) is 24.0 Å². The summed E-state index contributed by atoms with van der Waals surface area (Å²) >= 11 is 1.93. The van der Waals surface area contributed by atoms with Gasteiger partial charge in [-0.1, -0.05) is 19.3 Å². The smallest absolute Gasteiger partial charge is 0.318 e. The van der Waals surface area contributed by atoms with E-state index in [0.717, 1.165) is 63.8 Å². The third-order valence-electron chi connectivity index (χ3n) is 4.73. The molecule has 0 aromatic rings. The van der Waals surface area contributed by atoms with Crippen molar-refractivity contribution in [3.8, 4) is 0 Å². The van der Waals surface area contributed by atoms with Gasteiger partial charge in [0.05, 0.1) is 12.1 Å². The zero-order chi connectivity index (χ0) is 16.7. The molecule has 0 radical (unpaired) electrons. The number of urea groups is 1. The van der Waals surface area contributed by atoms with Crippen LogP contribution in [0.3, 0.4) is 0 Å². The van der Waals surface area contributed by atoms with E-state index in [9.17, 15) is 9.59 Å². The Hall–Kier alpha value is -0.950. The first kappa shape index (κ1) is 18.4. The first-order valence-corrected chi connectivity index (χ1v) is 9.79. The van der Waals surface area contributed by atoms with Gasteiger partial charge in [0.1, 0.15) is 0 Å². The van der Waals surface area contributed by atoms with Gasteiger partial charge in [0.2, 0.25) is 0 Å². The van der Waals surface area contributed by atoms with Crippen LogP contribution in [0.4, 0.5) is 4.79 Å². The molecule has 2 rings (SSSR count). The lowest BCUT2D eigenvalue weighted by Crippen LogP contribution is -2.38. The Balaban J connectivity index is 1.71. The fourth-order valence-electron chi connectivity index (χ4n) is 3.46. The Morgan fingerprint density at radius 1 is 1.26 bits per heavy atom. The highest BCUT2D eigenvalue weighted by atomic mass is 32.2. The van der Waals surface area contributed by atoms with Gasteiger partial charge >= 0.3 is 12.0 Å². The van der Waals surface area contributed by atoms with Crippen molar-refractivity contribution in [3.05, 3.63) is 0 Å². The fourth-order valence-corrected chi connectivity index (χ4v) is 5.08. The van der Waals surface area contributed by atoms with Crippen LogP contribution >= 0.6 is 11.8 Å². The molecule has 0 aliphatic carbocycles. The SMILES string of the molecule is NCCCCCCN1C(=O)N[C@@H]2[C@H](CCCCC(=O)O)SC[C@@H]21. The second-order valence-electron chi connectivity index (χ2n) is 6.45. The van der Waals surface area contributed by atoms with Crippen LogP contribution in [-0.4, -0.2) is 58.2 Å². The number of carboxylic acid groups (broad SMARTS) is 1. The van der Waals surface area contributed by atoms with Crippen molar-refractivity contribution in [3.63, 3.8) is 0 Å². The van der Waals surface area contributed by atoms with Crippen molar-refractivity contribution >= 4 is 23.8 Å². The second-order valence-corrected chi connectivity index (χ2v) is 7.72. The lowest BCUT2D eigenvalue weighted by Gasteiger charge is -2.21. The van der Waals surface area contributed by atoms with E-state index in [2.05, 4.69) is 5.32 Å². The highest BCUT2D eigenvalue weighted by molar-refractivity contribution is 8.00. The molecule has 2 saturated heterocycles. The third-order valence-corrected chi connectivity index (χ3v) is 6.22. The van der Waals surface area contributed by atoms with Gasteiger partial charge < -0.3 is 21.1 Å². The van der Waals surface area contributed by atoms with Crippen LogP contribution in [0, 0.1) is 0 Å². The zero-order valence-electron chi connectivity index (χ0n) is 13.7. The molecule has 7 heteroatoms.